The van der Waals surface area contributed by atoms with Crippen molar-refractivity contribution in [2.75, 3.05) is 5.32 Å². The highest BCUT2D eigenvalue weighted by molar-refractivity contribution is 6.05. The highest BCUT2D eigenvalue weighted by Crippen LogP contribution is 2.27. The minimum atomic E-state index is -1.11. The molecule has 0 aliphatic rings. The van der Waals surface area contributed by atoms with Crippen LogP contribution in [0.4, 0.5) is 10.1 Å². The van der Waals surface area contributed by atoms with E-state index >= 15 is 0 Å². The number of benzene rings is 3. The quantitative estimate of drug-likeness (QED) is 0.272. The normalized spacial score (nSPS) is 11.9. The molecule has 0 saturated carbocycles. The molecular formula is C28H25FN2O6. The third-order valence-corrected chi connectivity index (χ3v) is 5.94. The number of hydrogen-bond acceptors (Lipinski definition) is 5. The molecule has 1 atom stereocenters. The molecule has 0 aliphatic heterocycles. The van der Waals surface area contributed by atoms with E-state index in [1.54, 1.807) is 50.2 Å². The molecule has 0 saturated heterocycles. The first-order valence-electron chi connectivity index (χ1n) is 11.5. The fourth-order valence-electron chi connectivity index (χ4n) is 3.89. The number of nitrogens with one attached hydrogen (secondary N) is 2. The summed E-state index contributed by atoms with van der Waals surface area (Å²) in [6.07, 6.45) is 0. The number of carbonyl (C=O) groups is 3. The first-order valence-corrected chi connectivity index (χ1v) is 11.5. The summed E-state index contributed by atoms with van der Waals surface area (Å²) in [5, 5.41) is 24.3. The molecule has 1 heterocycles. The molecule has 2 amide bonds. The van der Waals surface area contributed by atoms with Crippen molar-refractivity contribution in [2.24, 2.45) is 5.92 Å². The lowest BCUT2D eigenvalue weighted by molar-refractivity contribution is -0.140. The van der Waals surface area contributed by atoms with Gasteiger partial charge in [0.2, 0.25) is 0 Å². The molecule has 4 N–H and O–H groups in total. The first-order chi connectivity index (χ1) is 17.7. The van der Waals surface area contributed by atoms with E-state index in [0.29, 0.717) is 27.7 Å². The number of hydrogen-bond donors (Lipinski definition) is 4. The SMILES string of the molecule is CC(C)[C@H](NC(=O)c1ccc(-c2ccc(NC(=O)c3cc4cccc(CO)c4o3)c(F)c2)cc1)C(=O)O. The first kappa shape index (κ1) is 25.6. The number of amides is 2. The number of rotatable bonds is 8. The Morgan fingerprint density at radius 3 is 2.27 bits per heavy atom. The van der Waals surface area contributed by atoms with Crippen LogP contribution in [0.5, 0.6) is 0 Å². The van der Waals surface area contributed by atoms with E-state index in [2.05, 4.69) is 10.6 Å². The molecule has 0 bridgehead atoms. The van der Waals surface area contributed by atoms with E-state index in [4.69, 9.17) is 4.42 Å². The summed E-state index contributed by atoms with van der Waals surface area (Å²) >= 11 is 0. The largest absolute Gasteiger partial charge is 0.480 e. The van der Waals surface area contributed by atoms with Crippen molar-refractivity contribution in [1.29, 1.82) is 0 Å². The fourth-order valence-corrected chi connectivity index (χ4v) is 3.89. The van der Waals surface area contributed by atoms with Crippen LogP contribution in [0.3, 0.4) is 0 Å². The number of aliphatic hydroxyl groups excluding tert-OH is 1. The molecule has 37 heavy (non-hydrogen) atoms. The summed E-state index contributed by atoms with van der Waals surface area (Å²) in [7, 11) is 0. The molecule has 0 aliphatic carbocycles. The van der Waals surface area contributed by atoms with Crippen LogP contribution in [0.25, 0.3) is 22.1 Å². The Morgan fingerprint density at radius 2 is 1.65 bits per heavy atom. The number of carboxylic acid groups (broad SMARTS) is 1. The van der Waals surface area contributed by atoms with Gasteiger partial charge in [0.1, 0.15) is 17.4 Å². The van der Waals surface area contributed by atoms with Crippen molar-refractivity contribution in [3.8, 4) is 11.1 Å². The van der Waals surface area contributed by atoms with Crippen LogP contribution in [0.2, 0.25) is 0 Å². The zero-order valence-electron chi connectivity index (χ0n) is 20.1. The summed E-state index contributed by atoms with van der Waals surface area (Å²) in [6.45, 7) is 3.16. The van der Waals surface area contributed by atoms with Gasteiger partial charge in [-0.15, -0.1) is 0 Å². The van der Waals surface area contributed by atoms with Gasteiger partial charge in [0.15, 0.2) is 5.76 Å². The van der Waals surface area contributed by atoms with Crippen LogP contribution in [-0.2, 0) is 11.4 Å². The van der Waals surface area contributed by atoms with Crippen LogP contribution in [0, 0.1) is 11.7 Å². The van der Waals surface area contributed by atoms with Crippen LogP contribution in [0.15, 0.2) is 71.1 Å². The number of carboxylic acids is 1. The molecule has 190 valence electrons. The maximum Gasteiger partial charge on any atom is 0.326 e. The van der Waals surface area contributed by atoms with E-state index in [1.807, 2.05) is 0 Å². The molecule has 0 spiro atoms. The highest BCUT2D eigenvalue weighted by Gasteiger charge is 2.24. The highest BCUT2D eigenvalue weighted by atomic mass is 19.1. The Morgan fingerprint density at radius 1 is 0.946 bits per heavy atom. The van der Waals surface area contributed by atoms with Gasteiger partial charge in [0, 0.05) is 16.5 Å². The standard InChI is InChI=1S/C28H25FN2O6/c1-15(2)24(28(35)36)31-26(33)17-8-6-16(7-9-17)18-10-11-22(21(29)12-18)30-27(34)23-13-19-4-3-5-20(14-32)25(19)37-23/h3-13,15,24,32H,14H2,1-2H3,(H,30,34)(H,31,33)(H,35,36)/t24-/m0/s1. The van der Waals surface area contributed by atoms with Crippen LogP contribution >= 0.6 is 0 Å². The van der Waals surface area contributed by atoms with E-state index in [-0.39, 0.29) is 29.5 Å². The lowest BCUT2D eigenvalue weighted by Crippen LogP contribution is -2.44. The van der Waals surface area contributed by atoms with Gasteiger partial charge in [-0.1, -0.05) is 50.2 Å². The minimum Gasteiger partial charge on any atom is -0.480 e. The summed E-state index contributed by atoms with van der Waals surface area (Å²) in [4.78, 5) is 36.4. The minimum absolute atomic E-state index is 0.0177. The summed E-state index contributed by atoms with van der Waals surface area (Å²) in [5.74, 6) is -3.24. The van der Waals surface area contributed by atoms with Gasteiger partial charge < -0.3 is 25.3 Å². The summed E-state index contributed by atoms with van der Waals surface area (Å²) in [5.41, 5.74) is 2.31. The van der Waals surface area contributed by atoms with Crippen molar-refractivity contribution in [1.82, 2.24) is 5.32 Å². The summed E-state index contributed by atoms with van der Waals surface area (Å²) in [6, 6.07) is 16.3. The number of halogens is 1. The van der Waals surface area contributed by atoms with Crippen molar-refractivity contribution in [3.63, 3.8) is 0 Å². The Kier molecular flexibility index (Phi) is 7.35. The third-order valence-electron chi connectivity index (χ3n) is 5.94. The Bertz CT molecular complexity index is 1480. The average Bonchev–Trinajstić information content (AvgIpc) is 3.33. The van der Waals surface area contributed by atoms with Crippen molar-refractivity contribution in [2.45, 2.75) is 26.5 Å². The molecule has 3 aromatic carbocycles. The predicted octanol–water partition coefficient (Wildman–Crippen LogP) is 4.82. The van der Waals surface area contributed by atoms with Crippen LogP contribution in [-0.4, -0.2) is 34.0 Å². The number of aliphatic hydroxyl groups is 1. The van der Waals surface area contributed by atoms with Crippen LogP contribution < -0.4 is 10.6 Å². The van der Waals surface area contributed by atoms with Gasteiger partial charge in [-0.05, 0) is 47.4 Å². The zero-order valence-corrected chi connectivity index (χ0v) is 20.1. The Hall–Kier alpha value is -4.50. The number of fused-ring (bicyclic) bond motifs is 1. The lowest BCUT2D eigenvalue weighted by Gasteiger charge is -2.18. The number of furan rings is 1. The number of aliphatic carboxylic acids is 1. The lowest BCUT2D eigenvalue weighted by atomic mass is 10.0. The number of anilines is 1. The van der Waals surface area contributed by atoms with Gasteiger partial charge in [-0.3, -0.25) is 9.59 Å². The second-order valence-corrected chi connectivity index (χ2v) is 8.86. The molecule has 4 rings (SSSR count). The zero-order chi connectivity index (χ0) is 26.7. The molecule has 0 fully saturated rings. The molecule has 1 aromatic heterocycles. The van der Waals surface area contributed by atoms with Crippen molar-refractivity contribution in [3.05, 3.63) is 89.4 Å². The van der Waals surface area contributed by atoms with Gasteiger partial charge in [0.25, 0.3) is 11.8 Å². The molecule has 8 nitrogen and oxygen atoms in total. The van der Waals surface area contributed by atoms with Gasteiger partial charge in [-0.25, -0.2) is 9.18 Å². The van der Waals surface area contributed by atoms with E-state index in [1.165, 1.54) is 30.3 Å². The van der Waals surface area contributed by atoms with Crippen LogP contribution in [0.1, 0.15) is 40.3 Å². The molecule has 0 radical (unpaired) electrons. The monoisotopic (exact) mass is 504 g/mol. The third kappa shape index (κ3) is 5.52. The molecular weight excluding hydrogens is 479 g/mol. The second kappa shape index (κ2) is 10.6. The maximum atomic E-state index is 14.8. The van der Waals surface area contributed by atoms with Crippen molar-refractivity contribution >= 4 is 34.4 Å². The Balaban J connectivity index is 1.47. The number of para-hydroxylation sites is 1. The van der Waals surface area contributed by atoms with E-state index in [9.17, 15) is 29.0 Å². The van der Waals surface area contributed by atoms with Gasteiger partial charge in [-0.2, -0.15) is 0 Å². The second-order valence-electron chi connectivity index (χ2n) is 8.86. The van der Waals surface area contributed by atoms with E-state index < -0.39 is 29.6 Å². The molecule has 4 aromatic rings. The molecule has 0 unspecified atom stereocenters. The topological polar surface area (TPSA) is 129 Å². The predicted molar refractivity (Wildman–Crippen MR) is 136 cm³/mol. The number of carbonyl (C=O) groups excluding carboxylic acids is 2. The van der Waals surface area contributed by atoms with E-state index in [0.717, 1.165) is 0 Å². The Labute approximate surface area is 211 Å². The van der Waals surface area contributed by atoms with Crippen molar-refractivity contribution < 1.29 is 33.4 Å². The average molecular weight is 505 g/mol. The molecule has 9 heteroatoms. The maximum absolute atomic E-state index is 14.8. The fraction of sp³-hybridized carbons (Fsp3) is 0.179. The van der Waals surface area contributed by atoms with Gasteiger partial charge >= 0.3 is 5.97 Å². The van der Waals surface area contributed by atoms with Gasteiger partial charge in [0.05, 0.1) is 12.3 Å². The summed E-state index contributed by atoms with van der Waals surface area (Å²) < 4.78 is 20.4. The smallest absolute Gasteiger partial charge is 0.326 e.